The first kappa shape index (κ1) is 17.1. The molecule has 1 unspecified atom stereocenters. The molecule has 1 aliphatic rings. The molecule has 0 spiro atoms. The van der Waals surface area contributed by atoms with Crippen molar-refractivity contribution in [1.29, 1.82) is 0 Å². The van der Waals surface area contributed by atoms with Crippen LogP contribution in [0.4, 0.5) is 0 Å². The first-order valence-corrected chi connectivity index (χ1v) is 8.54. The van der Waals surface area contributed by atoms with Crippen LogP contribution < -0.4 is 5.32 Å². The lowest BCUT2D eigenvalue weighted by molar-refractivity contribution is 0.0672. The van der Waals surface area contributed by atoms with Gasteiger partial charge in [0.15, 0.2) is 0 Å². The molecule has 1 saturated heterocycles. The smallest absolute Gasteiger partial charge is 0.269 e. The van der Waals surface area contributed by atoms with E-state index < -0.39 is 0 Å². The third kappa shape index (κ3) is 4.21. The van der Waals surface area contributed by atoms with Crippen molar-refractivity contribution in [1.82, 2.24) is 20.2 Å². The minimum Gasteiger partial charge on any atom is -0.354 e. The van der Waals surface area contributed by atoms with Crippen LogP contribution in [0.15, 0.2) is 42.7 Å². The van der Waals surface area contributed by atoms with Gasteiger partial charge in [0.2, 0.25) is 0 Å². The first-order chi connectivity index (χ1) is 12.2. The molecule has 6 heteroatoms. The lowest BCUT2D eigenvalue weighted by Gasteiger charge is -2.32. The van der Waals surface area contributed by atoms with Crippen molar-refractivity contribution in [3.05, 3.63) is 59.7 Å². The van der Waals surface area contributed by atoms with Crippen LogP contribution >= 0.6 is 0 Å². The van der Waals surface area contributed by atoms with Gasteiger partial charge in [-0.1, -0.05) is 18.2 Å². The van der Waals surface area contributed by atoms with Crippen molar-refractivity contribution in [3.8, 4) is 0 Å². The van der Waals surface area contributed by atoms with Crippen LogP contribution in [0.5, 0.6) is 0 Å². The second kappa shape index (κ2) is 7.88. The molecule has 0 radical (unpaired) electrons. The number of aromatic nitrogens is 2. The molecule has 2 aromatic rings. The van der Waals surface area contributed by atoms with Crippen molar-refractivity contribution in [2.75, 3.05) is 20.1 Å². The summed E-state index contributed by atoms with van der Waals surface area (Å²) in [6.07, 6.45) is 4.20. The van der Waals surface area contributed by atoms with Crippen LogP contribution in [0.3, 0.4) is 0 Å². The summed E-state index contributed by atoms with van der Waals surface area (Å²) in [4.78, 5) is 34.5. The Morgan fingerprint density at radius 2 is 2.04 bits per heavy atom. The second-order valence-electron chi connectivity index (χ2n) is 6.30. The number of carbonyl (C=O) groups excluding carboxylic acids is 2. The topological polar surface area (TPSA) is 75.2 Å². The molecule has 2 amide bonds. The SMILES string of the molecule is CNC(=O)c1cc(CC2CCCN(C(=O)c3ccccc3)C2)ncn1. The Kier molecular flexibility index (Phi) is 5.38. The molecule has 1 N–H and O–H groups in total. The monoisotopic (exact) mass is 338 g/mol. The minimum atomic E-state index is -0.215. The van der Waals surface area contributed by atoms with Crippen molar-refractivity contribution < 1.29 is 9.59 Å². The summed E-state index contributed by atoms with van der Waals surface area (Å²) in [5.74, 6) is 0.209. The molecule has 25 heavy (non-hydrogen) atoms. The summed E-state index contributed by atoms with van der Waals surface area (Å²) >= 11 is 0. The molecular weight excluding hydrogens is 316 g/mol. The molecule has 1 atom stereocenters. The zero-order valence-corrected chi connectivity index (χ0v) is 14.3. The van der Waals surface area contributed by atoms with E-state index in [0.29, 0.717) is 18.2 Å². The van der Waals surface area contributed by atoms with Crippen LogP contribution in [0, 0.1) is 5.92 Å². The van der Waals surface area contributed by atoms with Gasteiger partial charge in [0.1, 0.15) is 12.0 Å². The van der Waals surface area contributed by atoms with Gasteiger partial charge in [0.25, 0.3) is 11.8 Å². The molecule has 6 nitrogen and oxygen atoms in total. The summed E-state index contributed by atoms with van der Waals surface area (Å²) in [6, 6.07) is 11.1. The lowest BCUT2D eigenvalue weighted by Crippen LogP contribution is -2.40. The van der Waals surface area contributed by atoms with Crippen LogP contribution in [0.2, 0.25) is 0 Å². The number of likely N-dealkylation sites (tertiary alicyclic amines) is 1. The first-order valence-electron chi connectivity index (χ1n) is 8.54. The van der Waals surface area contributed by atoms with Crippen LogP contribution in [-0.4, -0.2) is 46.8 Å². The number of nitrogens with zero attached hydrogens (tertiary/aromatic N) is 3. The van der Waals surface area contributed by atoms with Gasteiger partial charge in [-0.05, 0) is 43.4 Å². The Hall–Kier alpha value is -2.76. The molecule has 1 fully saturated rings. The molecule has 0 saturated carbocycles. The van der Waals surface area contributed by atoms with Crippen molar-refractivity contribution in [3.63, 3.8) is 0 Å². The van der Waals surface area contributed by atoms with E-state index in [0.717, 1.165) is 37.1 Å². The number of amides is 2. The summed E-state index contributed by atoms with van der Waals surface area (Å²) in [6.45, 7) is 1.50. The third-order valence-corrected chi connectivity index (χ3v) is 4.51. The van der Waals surface area contributed by atoms with Crippen molar-refractivity contribution in [2.24, 2.45) is 5.92 Å². The fourth-order valence-electron chi connectivity index (χ4n) is 3.24. The molecular formula is C19H22N4O2. The number of rotatable bonds is 4. The summed E-state index contributed by atoms with van der Waals surface area (Å²) in [5.41, 5.74) is 1.94. The maximum atomic E-state index is 12.6. The van der Waals surface area contributed by atoms with Crippen molar-refractivity contribution >= 4 is 11.8 Å². The molecule has 1 aromatic carbocycles. The predicted molar refractivity (Wildman–Crippen MR) is 94.2 cm³/mol. The summed E-state index contributed by atoms with van der Waals surface area (Å²) < 4.78 is 0. The van der Waals surface area contributed by atoms with Crippen LogP contribution in [0.1, 0.15) is 39.4 Å². The molecule has 3 rings (SSSR count). The van der Waals surface area contributed by atoms with Gasteiger partial charge in [-0.25, -0.2) is 9.97 Å². The van der Waals surface area contributed by atoms with E-state index in [2.05, 4.69) is 15.3 Å². The summed E-state index contributed by atoms with van der Waals surface area (Å²) in [7, 11) is 1.58. The maximum Gasteiger partial charge on any atom is 0.269 e. The molecule has 2 heterocycles. The number of hydrogen-bond acceptors (Lipinski definition) is 4. The minimum absolute atomic E-state index is 0.0824. The molecule has 1 aromatic heterocycles. The number of nitrogens with one attached hydrogen (secondary N) is 1. The highest BCUT2D eigenvalue weighted by Gasteiger charge is 2.25. The van der Waals surface area contributed by atoms with E-state index in [4.69, 9.17) is 0 Å². The Morgan fingerprint density at radius 1 is 1.24 bits per heavy atom. The Morgan fingerprint density at radius 3 is 2.80 bits per heavy atom. The molecule has 0 bridgehead atoms. The van der Waals surface area contributed by atoms with E-state index >= 15 is 0 Å². The van der Waals surface area contributed by atoms with Gasteiger partial charge in [-0.2, -0.15) is 0 Å². The Labute approximate surface area is 147 Å². The fourth-order valence-corrected chi connectivity index (χ4v) is 3.24. The molecule has 130 valence electrons. The Bertz CT molecular complexity index is 748. The summed E-state index contributed by atoms with van der Waals surface area (Å²) in [5, 5.41) is 2.57. The van der Waals surface area contributed by atoms with E-state index in [9.17, 15) is 9.59 Å². The highest BCUT2D eigenvalue weighted by atomic mass is 16.2. The van der Waals surface area contributed by atoms with Crippen LogP contribution in [0.25, 0.3) is 0 Å². The zero-order valence-electron chi connectivity index (χ0n) is 14.3. The third-order valence-electron chi connectivity index (χ3n) is 4.51. The lowest BCUT2D eigenvalue weighted by atomic mass is 9.92. The van der Waals surface area contributed by atoms with E-state index in [1.165, 1.54) is 6.33 Å². The van der Waals surface area contributed by atoms with Crippen molar-refractivity contribution in [2.45, 2.75) is 19.3 Å². The van der Waals surface area contributed by atoms with E-state index in [1.54, 1.807) is 13.1 Å². The fraction of sp³-hybridized carbons (Fsp3) is 0.368. The highest BCUT2D eigenvalue weighted by Crippen LogP contribution is 2.21. The van der Waals surface area contributed by atoms with E-state index in [1.807, 2.05) is 35.2 Å². The highest BCUT2D eigenvalue weighted by molar-refractivity contribution is 5.94. The van der Waals surface area contributed by atoms with Gasteiger partial charge < -0.3 is 10.2 Å². The van der Waals surface area contributed by atoms with Gasteiger partial charge >= 0.3 is 0 Å². The predicted octanol–water partition coefficient (Wildman–Crippen LogP) is 1.93. The molecule has 0 aliphatic carbocycles. The average Bonchev–Trinajstić information content (AvgIpc) is 2.68. The zero-order chi connectivity index (χ0) is 17.6. The average molecular weight is 338 g/mol. The number of benzene rings is 1. The van der Waals surface area contributed by atoms with Gasteiger partial charge in [-0.3, -0.25) is 9.59 Å². The van der Waals surface area contributed by atoms with Gasteiger partial charge in [0, 0.05) is 31.4 Å². The molecule has 1 aliphatic heterocycles. The quantitative estimate of drug-likeness (QED) is 0.924. The largest absolute Gasteiger partial charge is 0.354 e. The van der Waals surface area contributed by atoms with Crippen LogP contribution in [-0.2, 0) is 6.42 Å². The van der Waals surface area contributed by atoms with E-state index in [-0.39, 0.29) is 11.8 Å². The maximum absolute atomic E-state index is 12.6. The number of carbonyl (C=O) groups is 2. The number of piperidine rings is 1. The van der Waals surface area contributed by atoms with Gasteiger partial charge in [0.05, 0.1) is 0 Å². The van der Waals surface area contributed by atoms with Gasteiger partial charge in [-0.15, -0.1) is 0 Å². The number of hydrogen-bond donors (Lipinski definition) is 1. The normalized spacial score (nSPS) is 17.2. The second-order valence-corrected chi connectivity index (χ2v) is 6.30. The Balaban J connectivity index is 1.66. The standard InChI is InChI=1S/C19H22N4O2/c1-20-18(24)17-11-16(21-13-22-17)10-14-6-5-9-23(12-14)19(25)15-7-3-2-4-8-15/h2-4,7-8,11,13-14H,5-6,9-10,12H2,1H3,(H,20,24).